The van der Waals surface area contributed by atoms with Crippen molar-refractivity contribution in [2.24, 2.45) is 17.8 Å². The zero-order chi connectivity index (χ0) is 24.4. The Morgan fingerprint density at radius 1 is 1.15 bits per heavy atom. The first-order valence-corrected chi connectivity index (χ1v) is 14.8. The highest BCUT2D eigenvalue weighted by Gasteiger charge is 2.59. The Labute approximate surface area is 199 Å². The van der Waals surface area contributed by atoms with Crippen LogP contribution in [0.1, 0.15) is 52.4 Å². The predicted molar refractivity (Wildman–Crippen MR) is 123 cm³/mol. The van der Waals surface area contributed by atoms with Crippen molar-refractivity contribution >= 4 is 37.4 Å². The number of nitrogens with one attached hydrogen (secondary N) is 2. The van der Waals surface area contributed by atoms with Crippen molar-refractivity contribution in [2.45, 2.75) is 73.6 Å². The van der Waals surface area contributed by atoms with Crippen molar-refractivity contribution in [3.8, 4) is 0 Å². The number of hydrogen-bond acceptors (Lipinski definition) is 5. The molecule has 11 heteroatoms. The second kappa shape index (κ2) is 8.17. The van der Waals surface area contributed by atoms with E-state index < -0.39 is 40.9 Å². The van der Waals surface area contributed by atoms with Gasteiger partial charge in [0.25, 0.3) is 0 Å². The smallest absolute Gasteiger partial charge is 0.244 e. The maximum Gasteiger partial charge on any atom is 0.244 e. The minimum absolute atomic E-state index is 0.107. The Bertz CT molecular complexity index is 1170. The lowest BCUT2D eigenvalue weighted by Crippen LogP contribution is -2.64. The number of sulfonamides is 1. The van der Waals surface area contributed by atoms with Crippen LogP contribution in [0.15, 0.2) is 23.1 Å². The third kappa shape index (κ3) is 4.68. The molecule has 184 valence electrons. The highest BCUT2D eigenvalue weighted by Crippen LogP contribution is 2.58. The number of rotatable bonds is 7. The summed E-state index contributed by atoms with van der Waals surface area (Å²) in [7, 11) is -7.43. The lowest BCUT2D eigenvalue weighted by atomic mass is 9.53. The predicted octanol–water partition coefficient (Wildman–Crippen LogP) is 3.03. The second-order valence-corrected chi connectivity index (χ2v) is 15.2. The van der Waals surface area contributed by atoms with Gasteiger partial charge in [-0.2, -0.15) is 0 Å². The first kappa shape index (κ1) is 24.9. The number of amides is 1. The Hall–Kier alpha value is -1.23. The largest absolute Gasteiger partial charge is 0.353 e. The average Bonchev–Trinajstić information content (AvgIpc) is 2.64. The maximum absolute atomic E-state index is 14.3. The van der Waals surface area contributed by atoms with Crippen LogP contribution in [0.2, 0.25) is 5.02 Å². The van der Waals surface area contributed by atoms with Gasteiger partial charge in [0.15, 0.2) is 15.7 Å². The number of sulfone groups is 1. The van der Waals surface area contributed by atoms with E-state index in [0.29, 0.717) is 25.2 Å². The summed E-state index contributed by atoms with van der Waals surface area (Å²) in [6.07, 6.45) is 4.83. The normalized spacial score (nSPS) is 31.5. The molecule has 5 rings (SSSR count). The molecule has 0 spiro atoms. The fraction of sp³-hybridized carbons (Fsp3) is 0.682. The van der Waals surface area contributed by atoms with Gasteiger partial charge in [0, 0.05) is 24.3 Å². The standard InChI is InChI=1S/C22H30ClFN2O5S2/c1-21(2,26-33(30,31)17-6-4-5-16(23)19(17)24)12-18(27)25-20-14-7-13-8-15(20)11-22(9-13,10-14)32(3,28)29/h4-6,13-15,20,26H,7-12H2,1-3H3,(H,25,27). The lowest BCUT2D eigenvalue weighted by Gasteiger charge is -2.59. The molecule has 4 aliphatic carbocycles. The molecule has 0 heterocycles. The van der Waals surface area contributed by atoms with Crippen molar-refractivity contribution < 1.29 is 26.0 Å². The number of benzene rings is 1. The Kier molecular flexibility index (Phi) is 6.16. The molecule has 0 aromatic heterocycles. The van der Waals surface area contributed by atoms with E-state index in [1.165, 1.54) is 18.4 Å². The van der Waals surface area contributed by atoms with Crippen molar-refractivity contribution in [1.29, 1.82) is 0 Å². The molecule has 1 amide bonds. The summed E-state index contributed by atoms with van der Waals surface area (Å²) >= 11 is 5.71. The van der Waals surface area contributed by atoms with Crippen molar-refractivity contribution in [1.82, 2.24) is 10.0 Å². The minimum Gasteiger partial charge on any atom is -0.353 e. The minimum atomic E-state index is -4.25. The van der Waals surface area contributed by atoms with Crippen LogP contribution in [0.25, 0.3) is 0 Å². The zero-order valence-electron chi connectivity index (χ0n) is 18.9. The number of carbonyl (C=O) groups is 1. The van der Waals surface area contributed by atoms with Crippen LogP contribution in [0.3, 0.4) is 0 Å². The van der Waals surface area contributed by atoms with Gasteiger partial charge in [-0.05, 0) is 75.8 Å². The van der Waals surface area contributed by atoms with Crippen LogP contribution >= 0.6 is 11.6 Å². The van der Waals surface area contributed by atoms with Crippen LogP contribution in [0.5, 0.6) is 0 Å². The van der Waals surface area contributed by atoms with Gasteiger partial charge in [-0.25, -0.2) is 25.9 Å². The molecule has 4 fully saturated rings. The fourth-order valence-electron chi connectivity index (χ4n) is 6.42. The highest BCUT2D eigenvalue weighted by atomic mass is 35.5. The Morgan fingerprint density at radius 3 is 2.33 bits per heavy atom. The molecule has 4 saturated carbocycles. The van der Waals surface area contributed by atoms with Gasteiger partial charge in [0.05, 0.1) is 9.77 Å². The maximum atomic E-state index is 14.3. The third-order valence-electron chi connectivity index (χ3n) is 7.55. The third-order valence-corrected chi connectivity index (χ3v) is 11.6. The summed E-state index contributed by atoms with van der Waals surface area (Å²) in [5.41, 5.74) is -1.18. The van der Waals surface area contributed by atoms with E-state index in [1.54, 1.807) is 13.8 Å². The second-order valence-electron chi connectivity index (χ2n) is 10.7. The van der Waals surface area contributed by atoms with Crippen LogP contribution in [0.4, 0.5) is 4.39 Å². The molecule has 33 heavy (non-hydrogen) atoms. The fourth-order valence-corrected chi connectivity index (χ4v) is 9.74. The van der Waals surface area contributed by atoms with E-state index in [-0.39, 0.29) is 35.2 Å². The van der Waals surface area contributed by atoms with Gasteiger partial charge in [-0.3, -0.25) is 4.79 Å². The SMILES string of the molecule is CC(C)(CC(=O)NC1C2CC3CC1CC(S(C)(=O)=O)(C3)C2)NS(=O)(=O)c1cccc(Cl)c1F. The summed E-state index contributed by atoms with van der Waals surface area (Å²) in [4.78, 5) is 12.3. The van der Waals surface area contributed by atoms with Gasteiger partial charge in [-0.15, -0.1) is 0 Å². The summed E-state index contributed by atoms with van der Waals surface area (Å²) < 4.78 is 66.5. The first-order valence-electron chi connectivity index (χ1n) is 11.1. The first-order chi connectivity index (χ1) is 15.1. The van der Waals surface area contributed by atoms with Gasteiger partial charge in [0.2, 0.25) is 15.9 Å². The van der Waals surface area contributed by atoms with Crippen LogP contribution in [0, 0.1) is 23.6 Å². The van der Waals surface area contributed by atoms with Crippen LogP contribution < -0.4 is 10.0 Å². The molecule has 0 saturated heterocycles. The van der Waals surface area contributed by atoms with E-state index in [4.69, 9.17) is 11.6 Å². The molecule has 2 N–H and O–H groups in total. The van der Waals surface area contributed by atoms with Crippen LogP contribution in [-0.4, -0.2) is 45.3 Å². The highest BCUT2D eigenvalue weighted by molar-refractivity contribution is 7.92. The van der Waals surface area contributed by atoms with Gasteiger partial charge in [0.1, 0.15) is 4.90 Å². The van der Waals surface area contributed by atoms with Crippen molar-refractivity contribution in [2.75, 3.05) is 6.26 Å². The van der Waals surface area contributed by atoms with Crippen molar-refractivity contribution in [3.63, 3.8) is 0 Å². The quantitative estimate of drug-likeness (QED) is 0.574. The molecule has 0 aliphatic heterocycles. The number of halogens is 2. The van der Waals surface area contributed by atoms with Crippen molar-refractivity contribution in [3.05, 3.63) is 29.0 Å². The molecule has 7 nitrogen and oxygen atoms in total. The molecular weight excluding hydrogens is 491 g/mol. The molecule has 1 aromatic carbocycles. The van der Waals surface area contributed by atoms with E-state index in [9.17, 15) is 26.0 Å². The molecular formula is C22H30ClFN2O5S2. The monoisotopic (exact) mass is 520 g/mol. The Balaban J connectivity index is 1.43. The van der Waals surface area contributed by atoms with E-state index >= 15 is 0 Å². The van der Waals surface area contributed by atoms with E-state index in [2.05, 4.69) is 10.0 Å². The summed E-state index contributed by atoms with van der Waals surface area (Å²) in [5, 5.41) is 2.77. The molecule has 1 aromatic rings. The van der Waals surface area contributed by atoms with Gasteiger partial charge in [-0.1, -0.05) is 17.7 Å². The van der Waals surface area contributed by atoms with Crippen LogP contribution in [-0.2, 0) is 24.7 Å². The van der Waals surface area contributed by atoms with Gasteiger partial charge < -0.3 is 5.32 Å². The number of hydrogen-bond donors (Lipinski definition) is 2. The summed E-state index contributed by atoms with van der Waals surface area (Å²) in [6, 6.07) is 3.61. The topological polar surface area (TPSA) is 109 Å². The number of carbonyl (C=O) groups excluding carboxylic acids is 1. The molecule has 0 radical (unpaired) electrons. The molecule has 4 aliphatic rings. The van der Waals surface area contributed by atoms with E-state index in [0.717, 1.165) is 18.9 Å². The molecule has 2 unspecified atom stereocenters. The summed E-state index contributed by atoms with van der Waals surface area (Å²) in [5.74, 6) is -0.771. The molecule has 4 bridgehead atoms. The van der Waals surface area contributed by atoms with E-state index in [1.807, 2.05) is 0 Å². The van der Waals surface area contributed by atoms with Gasteiger partial charge >= 0.3 is 0 Å². The average molecular weight is 521 g/mol. The Morgan fingerprint density at radius 2 is 1.76 bits per heavy atom. The molecule has 2 atom stereocenters. The summed E-state index contributed by atoms with van der Waals surface area (Å²) in [6.45, 7) is 3.12. The lowest BCUT2D eigenvalue weighted by molar-refractivity contribution is -0.125. The zero-order valence-corrected chi connectivity index (χ0v) is 21.3.